The lowest BCUT2D eigenvalue weighted by Crippen LogP contribution is -2.59. The summed E-state index contributed by atoms with van der Waals surface area (Å²) >= 11 is 0. The zero-order chi connectivity index (χ0) is 27.3. The number of hydrogen-bond acceptors (Lipinski definition) is 7. The van der Waals surface area contributed by atoms with Gasteiger partial charge in [0.1, 0.15) is 11.0 Å². The number of esters is 1. The number of carbonyl (C=O) groups is 2. The van der Waals surface area contributed by atoms with E-state index in [2.05, 4.69) is 0 Å². The first kappa shape index (κ1) is 28.6. The number of methoxy groups -OCH3 is 1. The van der Waals surface area contributed by atoms with Crippen molar-refractivity contribution in [3.05, 3.63) is 71.8 Å². The van der Waals surface area contributed by atoms with Crippen molar-refractivity contribution in [3.8, 4) is 0 Å². The minimum absolute atomic E-state index is 0.0599. The average molecular weight is 534 g/mol. The topological polar surface area (TPSA) is 119 Å². The van der Waals surface area contributed by atoms with Crippen LogP contribution in [0.3, 0.4) is 0 Å². The molecule has 1 aliphatic rings. The molecule has 0 saturated carbocycles. The van der Waals surface area contributed by atoms with Crippen molar-refractivity contribution >= 4 is 22.5 Å². The van der Waals surface area contributed by atoms with Crippen LogP contribution in [0, 0.1) is 5.41 Å². The second-order valence-corrected chi connectivity index (χ2v) is 11.2. The molecule has 9 nitrogen and oxygen atoms in total. The smallest absolute Gasteiger partial charge is 0.410 e. The van der Waals surface area contributed by atoms with Gasteiger partial charge in [0.05, 0.1) is 19.3 Å². The molecule has 1 heterocycles. The number of hydrogen-bond donors (Lipinski definition) is 1. The highest BCUT2D eigenvalue weighted by molar-refractivity contribution is 7.80. The van der Waals surface area contributed by atoms with Crippen LogP contribution in [-0.2, 0) is 35.3 Å². The van der Waals surface area contributed by atoms with Crippen molar-refractivity contribution in [2.24, 2.45) is 5.41 Å². The lowest BCUT2D eigenvalue weighted by Gasteiger charge is -2.50. The zero-order valence-electron chi connectivity index (χ0n) is 21.6. The average Bonchev–Trinajstić information content (AvgIpc) is 2.85. The first-order valence-corrected chi connectivity index (χ1v) is 13.6. The standard InChI is InChI=1S/C27H35NO8S/c1-26(2,3)35-25(30)28-19-11-18-27(24(29)34-4,23(28)21-14-9-6-10-15-21)22(36-37(31,32)33)17-16-20-12-7-5-8-13-20/h5-10,12-15,22-23H,11,16-19H2,1-4H3,(H,31,32,33). The van der Waals surface area contributed by atoms with Gasteiger partial charge in [-0.15, -0.1) is 0 Å². The number of likely N-dealkylation sites (tertiary alicyclic amines) is 1. The minimum atomic E-state index is -4.97. The fraction of sp³-hybridized carbons (Fsp3) is 0.481. The molecule has 0 aromatic heterocycles. The lowest BCUT2D eigenvalue weighted by atomic mass is 9.65. The molecule has 3 rings (SSSR count). The summed E-state index contributed by atoms with van der Waals surface area (Å²) in [7, 11) is -3.76. The maximum absolute atomic E-state index is 13.7. The minimum Gasteiger partial charge on any atom is -0.468 e. The number of nitrogens with zero attached hydrogens (tertiary/aromatic N) is 1. The fourth-order valence-electron chi connectivity index (χ4n) is 5.07. The molecule has 1 aliphatic heterocycles. The fourth-order valence-corrected chi connectivity index (χ4v) is 5.63. The molecule has 3 atom stereocenters. The van der Waals surface area contributed by atoms with Gasteiger partial charge in [0, 0.05) is 6.54 Å². The van der Waals surface area contributed by atoms with Gasteiger partial charge in [-0.3, -0.25) is 14.2 Å². The van der Waals surface area contributed by atoms with Crippen LogP contribution in [0.5, 0.6) is 0 Å². The van der Waals surface area contributed by atoms with Crippen LogP contribution in [0.2, 0.25) is 0 Å². The van der Waals surface area contributed by atoms with Crippen LogP contribution in [0.15, 0.2) is 60.7 Å². The number of ether oxygens (including phenoxy) is 2. The van der Waals surface area contributed by atoms with Crippen molar-refractivity contribution in [2.45, 2.75) is 64.2 Å². The maximum Gasteiger partial charge on any atom is 0.410 e. The normalized spacial score (nSPS) is 21.2. The molecule has 202 valence electrons. The highest BCUT2D eigenvalue weighted by Crippen LogP contribution is 2.52. The number of carbonyl (C=O) groups excluding carboxylic acids is 2. The third kappa shape index (κ3) is 7.09. The van der Waals surface area contributed by atoms with Gasteiger partial charge in [0.25, 0.3) is 0 Å². The first-order valence-electron chi connectivity index (χ1n) is 12.2. The Kier molecular flexibility index (Phi) is 8.99. The molecule has 1 fully saturated rings. The van der Waals surface area contributed by atoms with Gasteiger partial charge in [-0.2, -0.15) is 8.42 Å². The molecule has 2 aromatic rings. The van der Waals surface area contributed by atoms with Crippen LogP contribution < -0.4 is 0 Å². The van der Waals surface area contributed by atoms with Gasteiger partial charge in [0.15, 0.2) is 0 Å². The summed E-state index contributed by atoms with van der Waals surface area (Å²) in [4.78, 5) is 28.6. The monoisotopic (exact) mass is 533 g/mol. The summed E-state index contributed by atoms with van der Waals surface area (Å²) in [5.74, 6) is -0.740. The van der Waals surface area contributed by atoms with Crippen molar-refractivity contribution in [1.82, 2.24) is 4.90 Å². The Balaban J connectivity index is 2.19. The van der Waals surface area contributed by atoms with E-state index in [4.69, 9.17) is 13.7 Å². The molecular weight excluding hydrogens is 498 g/mol. The van der Waals surface area contributed by atoms with E-state index in [1.54, 1.807) is 51.1 Å². The van der Waals surface area contributed by atoms with Gasteiger partial charge in [-0.05, 0) is 57.6 Å². The molecule has 1 N–H and O–H groups in total. The molecule has 0 bridgehead atoms. The van der Waals surface area contributed by atoms with E-state index >= 15 is 0 Å². The molecule has 0 spiro atoms. The third-order valence-electron chi connectivity index (χ3n) is 6.45. The summed E-state index contributed by atoms with van der Waals surface area (Å²) in [6, 6.07) is 17.2. The quantitative estimate of drug-likeness (QED) is 0.382. The first-order chi connectivity index (χ1) is 17.4. The van der Waals surface area contributed by atoms with E-state index in [1.807, 2.05) is 30.3 Å². The highest BCUT2D eigenvalue weighted by Gasteiger charge is 2.59. The Morgan fingerprint density at radius 1 is 1.08 bits per heavy atom. The summed E-state index contributed by atoms with van der Waals surface area (Å²) in [6.07, 6.45) is -1.06. The second-order valence-electron chi connectivity index (χ2n) is 10.2. The van der Waals surface area contributed by atoms with Gasteiger partial charge in [-0.1, -0.05) is 60.7 Å². The SMILES string of the molecule is COC(=O)C1(C(CCc2ccccc2)OS(=O)(=O)O)CCCN(C(=O)OC(C)(C)C)C1c1ccccc1. The molecular formula is C27H35NO8S. The van der Waals surface area contributed by atoms with Crippen LogP contribution in [-0.4, -0.2) is 55.3 Å². The molecule has 2 aromatic carbocycles. The van der Waals surface area contributed by atoms with Gasteiger partial charge < -0.3 is 9.47 Å². The lowest BCUT2D eigenvalue weighted by molar-refractivity contribution is -0.172. The van der Waals surface area contributed by atoms with E-state index < -0.39 is 45.6 Å². The molecule has 10 heteroatoms. The molecule has 0 aliphatic carbocycles. The maximum atomic E-state index is 13.7. The molecule has 3 unspecified atom stereocenters. The Morgan fingerprint density at radius 2 is 1.68 bits per heavy atom. The largest absolute Gasteiger partial charge is 0.468 e. The van der Waals surface area contributed by atoms with Crippen molar-refractivity contribution < 1.29 is 36.2 Å². The summed E-state index contributed by atoms with van der Waals surface area (Å²) in [6.45, 7) is 5.49. The van der Waals surface area contributed by atoms with Crippen LogP contribution in [0.25, 0.3) is 0 Å². The zero-order valence-corrected chi connectivity index (χ0v) is 22.4. The Hall–Kier alpha value is -2.95. The summed E-state index contributed by atoms with van der Waals surface area (Å²) in [5, 5.41) is 0. The van der Waals surface area contributed by atoms with Crippen molar-refractivity contribution in [3.63, 3.8) is 0 Å². The number of amides is 1. The van der Waals surface area contributed by atoms with E-state index in [9.17, 15) is 22.6 Å². The number of benzene rings is 2. The van der Waals surface area contributed by atoms with E-state index in [-0.39, 0.29) is 19.4 Å². The highest BCUT2D eigenvalue weighted by atomic mass is 32.3. The second kappa shape index (κ2) is 11.6. The predicted octanol–water partition coefficient (Wildman–Crippen LogP) is 4.74. The predicted molar refractivity (Wildman–Crippen MR) is 137 cm³/mol. The van der Waals surface area contributed by atoms with Crippen LogP contribution >= 0.6 is 0 Å². The number of aryl methyl sites for hydroxylation is 1. The van der Waals surface area contributed by atoms with Crippen LogP contribution in [0.1, 0.15) is 57.2 Å². The molecule has 1 amide bonds. The number of rotatable bonds is 8. The Labute approximate surface area is 218 Å². The van der Waals surface area contributed by atoms with Gasteiger partial charge in [-0.25, -0.2) is 8.98 Å². The third-order valence-corrected chi connectivity index (χ3v) is 6.92. The molecule has 1 saturated heterocycles. The van der Waals surface area contributed by atoms with E-state index in [0.717, 1.165) is 5.56 Å². The van der Waals surface area contributed by atoms with E-state index in [1.165, 1.54) is 12.0 Å². The Bertz CT molecular complexity index is 1160. The van der Waals surface area contributed by atoms with Crippen molar-refractivity contribution in [2.75, 3.05) is 13.7 Å². The molecule has 37 heavy (non-hydrogen) atoms. The molecule has 0 radical (unpaired) electrons. The number of piperidine rings is 1. The summed E-state index contributed by atoms with van der Waals surface area (Å²) in [5.41, 5.74) is -0.985. The van der Waals surface area contributed by atoms with Gasteiger partial charge in [0.2, 0.25) is 0 Å². The van der Waals surface area contributed by atoms with E-state index in [0.29, 0.717) is 18.4 Å². The Morgan fingerprint density at radius 3 is 2.22 bits per heavy atom. The van der Waals surface area contributed by atoms with Crippen molar-refractivity contribution in [1.29, 1.82) is 0 Å². The van der Waals surface area contributed by atoms with Gasteiger partial charge >= 0.3 is 22.5 Å². The summed E-state index contributed by atoms with van der Waals surface area (Å²) < 4.78 is 50.1. The van der Waals surface area contributed by atoms with Crippen LogP contribution in [0.4, 0.5) is 4.79 Å².